The first kappa shape index (κ1) is 22.3. The van der Waals surface area contributed by atoms with Crippen LogP contribution in [0.5, 0.6) is 0 Å². The number of carbonyl (C=O) groups is 3. The molecule has 1 aliphatic carbocycles. The number of hydrogen-bond donors (Lipinski definition) is 3. The Bertz CT molecular complexity index is 898. The maximum absolute atomic E-state index is 12.3. The molecule has 7 heteroatoms. The average Bonchev–Trinajstić information content (AvgIpc) is 3.07. The van der Waals surface area contributed by atoms with Crippen molar-refractivity contribution in [1.82, 2.24) is 10.6 Å². The van der Waals surface area contributed by atoms with E-state index in [1.807, 2.05) is 31.2 Å². The average molecular weight is 424 g/mol. The molecule has 0 heterocycles. The van der Waals surface area contributed by atoms with E-state index in [4.69, 9.17) is 9.84 Å². The van der Waals surface area contributed by atoms with Gasteiger partial charge in [-0.25, -0.2) is 4.79 Å². The van der Waals surface area contributed by atoms with Gasteiger partial charge in [-0.05, 0) is 42.0 Å². The second-order valence-electron chi connectivity index (χ2n) is 7.76. The molecule has 3 N–H and O–H groups in total. The molecule has 7 nitrogen and oxygen atoms in total. The van der Waals surface area contributed by atoms with Crippen LogP contribution in [0.4, 0.5) is 4.79 Å². The third kappa shape index (κ3) is 6.07. The van der Waals surface area contributed by atoms with Crippen molar-refractivity contribution < 1.29 is 24.2 Å². The second-order valence-corrected chi connectivity index (χ2v) is 7.76. The van der Waals surface area contributed by atoms with E-state index < -0.39 is 12.1 Å². The fraction of sp³-hybridized carbons (Fsp3) is 0.375. The predicted molar refractivity (Wildman–Crippen MR) is 117 cm³/mol. The Balaban J connectivity index is 1.42. The highest BCUT2D eigenvalue weighted by Crippen LogP contribution is 2.44. The minimum atomic E-state index is -0.879. The maximum Gasteiger partial charge on any atom is 0.407 e. The van der Waals surface area contributed by atoms with E-state index in [9.17, 15) is 14.4 Å². The number of fused-ring (bicyclic) bond motifs is 3. The quantitative estimate of drug-likeness (QED) is 0.505. The molecule has 2 aromatic rings. The third-order valence-electron chi connectivity index (χ3n) is 5.40. The lowest BCUT2D eigenvalue weighted by Crippen LogP contribution is -2.35. The lowest BCUT2D eigenvalue weighted by Gasteiger charge is -2.17. The van der Waals surface area contributed by atoms with Crippen LogP contribution in [-0.4, -0.2) is 42.3 Å². The number of rotatable bonds is 10. The van der Waals surface area contributed by atoms with Crippen LogP contribution in [0, 0.1) is 0 Å². The number of aliphatic carboxylic acids is 1. The molecule has 0 aliphatic heterocycles. The van der Waals surface area contributed by atoms with E-state index in [-0.39, 0.29) is 37.3 Å². The van der Waals surface area contributed by atoms with Crippen molar-refractivity contribution in [3.05, 3.63) is 59.7 Å². The van der Waals surface area contributed by atoms with Crippen molar-refractivity contribution in [3.8, 4) is 11.1 Å². The van der Waals surface area contributed by atoms with Crippen LogP contribution in [0.2, 0.25) is 0 Å². The van der Waals surface area contributed by atoms with Crippen LogP contribution < -0.4 is 10.6 Å². The molecule has 0 spiro atoms. The minimum absolute atomic E-state index is 0.00466. The van der Waals surface area contributed by atoms with Crippen LogP contribution in [0.15, 0.2) is 48.5 Å². The third-order valence-corrected chi connectivity index (χ3v) is 5.40. The molecule has 0 bridgehead atoms. The zero-order valence-electron chi connectivity index (χ0n) is 17.6. The van der Waals surface area contributed by atoms with Gasteiger partial charge in [0.2, 0.25) is 5.91 Å². The summed E-state index contributed by atoms with van der Waals surface area (Å²) in [5.41, 5.74) is 4.66. The van der Waals surface area contributed by atoms with Crippen molar-refractivity contribution >= 4 is 18.0 Å². The summed E-state index contributed by atoms with van der Waals surface area (Å²) in [6, 6.07) is 16.1. The van der Waals surface area contributed by atoms with Gasteiger partial charge in [0.05, 0.1) is 0 Å². The monoisotopic (exact) mass is 424 g/mol. The molecule has 1 aliphatic rings. The first-order chi connectivity index (χ1) is 15.0. The highest BCUT2D eigenvalue weighted by atomic mass is 16.5. The van der Waals surface area contributed by atoms with Gasteiger partial charge >= 0.3 is 12.1 Å². The lowest BCUT2D eigenvalue weighted by molar-refractivity contribution is -0.137. The Morgan fingerprint density at radius 2 is 1.61 bits per heavy atom. The van der Waals surface area contributed by atoms with E-state index in [0.717, 1.165) is 11.1 Å². The highest BCUT2D eigenvalue weighted by Gasteiger charge is 2.29. The molecule has 1 unspecified atom stereocenters. The van der Waals surface area contributed by atoms with Crippen LogP contribution in [-0.2, 0) is 14.3 Å². The van der Waals surface area contributed by atoms with E-state index in [1.54, 1.807) is 0 Å². The van der Waals surface area contributed by atoms with Gasteiger partial charge in [-0.15, -0.1) is 0 Å². The van der Waals surface area contributed by atoms with Gasteiger partial charge in [0.1, 0.15) is 6.61 Å². The van der Waals surface area contributed by atoms with Crippen LogP contribution in [0.1, 0.15) is 49.7 Å². The Morgan fingerprint density at radius 1 is 1.00 bits per heavy atom. The van der Waals surface area contributed by atoms with Crippen molar-refractivity contribution in [3.63, 3.8) is 0 Å². The van der Waals surface area contributed by atoms with Gasteiger partial charge < -0.3 is 20.5 Å². The number of carbonyl (C=O) groups excluding carboxylic acids is 2. The number of alkyl carbamates (subject to hydrolysis) is 1. The van der Waals surface area contributed by atoms with Crippen LogP contribution in [0.25, 0.3) is 11.1 Å². The van der Waals surface area contributed by atoms with Crippen molar-refractivity contribution in [2.45, 2.75) is 44.6 Å². The van der Waals surface area contributed by atoms with E-state index in [0.29, 0.717) is 19.4 Å². The zero-order valence-corrected chi connectivity index (χ0v) is 17.6. The number of nitrogens with one attached hydrogen (secondary N) is 2. The summed E-state index contributed by atoms with van der Waals surface area (Å²) in [6.07, 6.45) is 0.637. The molecule has 2 aromatic carbocycles. The van der Waals surface area contributed by atoms with Gasteiger partial charge in [0.15, 0.2) is 0 Å². The van der Waals surface area contributed by atoms with Crippen molar-refractivity contribution in [1.29, 1.82) is 0 Å². The molecule has 164 valence electrons. The molecule has 2 amide bonds. The van der Waals surface area contributed by atoms with E-state index in [2.05, 4.69) is 34.9 Å². The Kier molecular flexibility index (Phi) is 7.65. The Hall–Kier alpha value is -3.35. The van der Waals surface area contributed by atoms with Gasteiger partial charge in [-0.3, -0.25) is 9.59 Å². The number of carboxylic acids is 1. The summed E-state index contributed by atoms with van der Waals surface area (Å²) in [6.45, 7) is 2.40. The molecule has 0 fully saturated rings. The fourth-order valence-electron chi connectivity index (χ4n) is 3.82. The summed E-state index contributed by atoms with van der Waals surface area (Å²) >= 11 is 0. The fourth-order valence-corrected chi connectivity index (χ4v) is 3.82. The first-order valence-electron chi connectivity index (χ1n) is 10.6. The first-order valence-corrected chi connectivity index (χ1v) is 10.6. The molecule has 31 heavy (non-hydrogen) atoms. The van der Waals surface area contributed by atoms with Crippen molar-refractivity contribution in [2.75, 3.05) is 13.2 Å². The molecular weight excluding hydrogens is 396 g/mol. The standard InChI is InChI=1S/C24H28N2O5/c1-16(12-13-22(27)25-14-6-11-23(28)29)26-24(30)31-15-21-19-9-4-2-7-17(19)18-8-3-5-10-20(18)21/h2-5,7-10,16,21H,6,11-15H2,1H3,(H,25,27)(H,26,30)(H,28,29). The summed E-state index contributed by atoms with van der Waals surface area (Å²) in [5.74, 6) is -1.04. The topological polar surface area (TPSA) is 105 Å². The van der Waals surface area contributed by atoms with Crippen molar-refractivity contribution in [2.24, 2.45) is 0 Å². The smallest absolute Gasteiger partial charge is 0.407 e. The largest absolute Gasteiger partial charge is 0.481 e. The lowest BCUT2D eigenvalue weighted by atomic mass is 9.98. The summed E-state index contributed by atoms with van der Waals surface area (Å²) in [7, 11) is 0. The number of amides is 2. The molecule has 0 saturated heterocycles. The number of benzene rings is 2. The van der Waals surface area contributed by atoms with Gasteiger partial charge in [-0.1, -0.05) is 48.5 Å². The SMILES string of the molecule is CC(CCC(=O)NCCCC(=O)O)NC(=O)OCC1c2ccccc2-c2ccccc21. The molecule has 3 rings (SSSR count). The molecule has 0 aromatic heterocycles. The van der Waals surface area contributed by atoms with Crippen LogP contribution >= 0.6 is 0 Å². The molecular formula is C24H28N2O5. The normalized spacial score (nSPS) is 13.1. The zero-order chi connectivity index (χ0) is 22.2. The Morgan fingerprint density at radius 3 is 2.23 bits per heavy atom. The number of hydrogen-bond acceptors (Lipinski definition) is 4. The van der Waals surface area contributed by atoms with Gasteiger partial charge in [-0.2, -0.15) is 0 Å². The summed E-state index contributed by atoms with van der Waals surface area (Å²) in [5, 5.41) is 14.0. The van der Waals surface area contributed by atoms with Crippen LogP contribution in [0.3, 0.4) is 0 Å². The Labute approximate surface area is 181 Å². The number of ether oxygens (including phenoxy) is 1. The van der Waals surface area contributed by atoms with Gasteiger partial charge in [0, 0.05) is 31.3 Å². The summed E-state index contributed by atoms with van der Waals surface area (Å²) in [4.78, 5) is 34.5. The molecule has 1 atom stereocenters. The minimum Gasteiger partial charge on any atom is -0.481 e. The predicted octanol–water partition coefficient (Wildman–Crippen LogP) is 3.67. The van der Waals surface area contributed by atoms with E-state index in [1.165, 1.54) is 11.1 Å². The maximum atomic E-state index is 12.3. The highest BCUT2D eigenvalue weighted by molar-refractivity contribution is 5.79. The molecule has 0 saturated carbocycles. The summed E-state index contributed by atoms with van der Waals surface area (Å²) < 4.78 is 5.51. The van der Waals surface area contributed by atoms with Gasteiger partial charge in [0.25, 0.3) is 0 Å². The number of carboxylic acid groups (broad SMARTS) is 1. The molecule has 0 radical (unpaired) electrons. The van der Waals surface area contributed by atoms with E-state index >= 15 is 0 Å². The second kappa shape index (κ2) is 10.6.